The Hall–Kier alpha value is -1.86. The fourth-order valence-electron chi connectivity index (χ4n) is 4.36. The fourth-order valence-corrected chi connectivity index (χ4v) is 5.54. The van der Waals surface area contributed by atoms with E-state index in [2.05, 4.69) is 94.0 Å². The van der Waals surface area contributed by atoms with Crippen LogP contribution < -0.4 is 10.3 Å². The number of phenols is 1. The number of halogens is 2. The van der Waals surface area contributed by atoms with Gasteiger partial charge < -0.3 is 10.0 Å². The molecule has 0 bridgehead atoms. The van der Waals surface area contributed by atoms with E-state index in [1.54, 1.807) is 18.3 Å². The molecule has 7 heteroatoms. The molecule has 0 spiro atoms. The number of amides is 1. The van der Waals surface area contributed by atoms with Gasteiger partial charge in [-0.3, -0.25) is 4.79 Å². The van der Waals surface area contributed by atoms with Crippen LogP contribution in [0.3, 0.4) is 0 Å². The predicted molar refractivity (Wildman–Crippen MR) is 134 cm³/mol. The van der Waals surface area contributed by atoms with Gasteiger partial charge in [0.25, 0.3) is 5.91 Å². The molecule has 2 aromatic rings. The molecule has 1 atom stereocenters. The van der Waals surface area contributed by atoms with Crippen molar-refractivity contribution in [3.05, 3.63) is 55.5 Å². The maximum atomic E-state index is 12.5. The molecule has 0 saturated heterocycles. The number of carbonyl (C=O) groups excluding carboxylic acids is 1. The van der Waals surface area contributed by atoms with Crippen molar-refractivity contribution in [3.63, 3.8) is 0 Å². The Morgan fingerprint density at radius 1 is 1.29 bits per heavy atom. The molecular formula is C24H29Br2N3O2. The summed E-state index contributed by atoms with van der Waals surface area (Å²) in [5, 5.41) is 14.0. The highest BCUT2D eigenvalue weighted by Gasteiger charge is 2.36. The summed E-state index contributed by atoms with van der Waals surface area (Å²) < 4.78 is 0.880. The molecule has 3 rings (SSSR count). The number of nitrogens with zero attached hydrogens (tertiary/aromatic N) is 2. The second-order valence-corrected chi connectivity index (χ2v) is 10.5. The first-order valence-corrected chi connectivity index (χ1v) is 12.1. The summed E-state index contributed by atoms with van der Waals surface area (Å²) >= 11 is 6.48. The lowest BCUT2D eigenvalue weighted by Crippen LogP contribution is -2.48. The van der Waals surface area contributed by atoms with Crippen LogP contribution in [-0.2, 0) is 0 Å². The Morgan fingerprint density at radius 3 is 2.55 bits per heavy atom. The number of hydrogen-bond donors (Lipinski definition) is 2. The Morgan fingerprint density at radius 2 is 1.94 bits per heavy atom. The summed E-state index contributed by atoms with van der Waals surface area (Å²) in [6.45, 7) is 12.3. The van der Waals surface area contributed by atoms with Gasteiger partial charge in [0, 0.05) is 23.3 Å². The molecule has 1 aliphatic heterocycles. The minimum Gasteiger partial charge on any atom is -0.506 e. The fraction of sp³-hybridized carbons (Fsp3) is 0.417. The zero-order valence-corrected chi connectivity index (χ0v) is 21.8. The third-order valence-electron chi connectivity index (χ3n) is 5.87. The summed E-state index contributed by atoms with van der Waals surface area (Å²) in [5.74, 6) is 0.156. The normalized spacial score (nSPS) is 17.6. The van der Waals surface area contributed by atoms with Gasteiger partial charge >= 0.3 is 0 Å². The van der Waals surface area contributed by atoms with Gasteiger partial charge in [-0.2, -0.15) is 5.10 Å². The molecule has 0 radical (unpaired) electrons. The molecule has 1 aliphatic rings. The molecule has 0 aromatic heterocycles. The predicted octanol–water partition coefficient (Wildman–Crippen LogP) is 6.49. The van der Waals surface area contributed by atoms with Crippen LogP contribution in [0.5, 0.6) is 5.75 Å². The number of carbonyl (C=O) groups is 1. The van der Waals surface area contributed by atoms with E-state index >= 15 is 0 Å². The zero-order chi connectivity index (χ0) is 22.9. The largest absolute Gasteiger partial charge is 0.506 e. The van der Waals surface area contributed by atoms with Crippen LogP contribution in [-0.4, -0.2) is 29.3 Å². The van der Waals surface area contributed by atoms with Crippen LogP contribution >= 0.6 is 31.9 Å². The first-order valence-electron chi connectivity index (χ1n) is 10.5. The van der Waals surface area contributed by atoms with Gasteiger partial charge in [0.2, 0.25) is 0 Å². The summed E-state index contributed by atoms with van der Waals surface area (Å²) in [5.41, 5.74) is 7.86. The topological polar surface area (TPSA) is 64.9 Å². The van der Waals surface area contributed by atoms with Crippen LogP contribution in [0, 0.1) is 6.92 Å². The van der Waals surface area contributed by atoms with Gasteiger partial charge in [-0.05, 0) is 112 Å². The lowest BCUT2D eigenvalue weighted by atomic mass is 9.79. The molecule has 0 fully saturated rings. The third kappa shape index (κ3) is 4.98. The van der Waals surface area contributed by atoms with Crippen molar-refractivity contribution in [2.45, 2.75) is 58.9 Å². The lowest BCUT2D eigenvalue weighted by Gasteiger charge is -2.48. The number of anilines is 1. The van der Waals surface area contributed by atoms with E-state index in [-0.39, 0.29) is 17.2 Å². The molecular weight excluding hydrogens is 522 g/mol. The number of fused-ring (bicyclic) bond motifs is 1. The zero-order valence-electron chi connectivity index (χ0n) is 18.6. The van der Waals surface area contributed by atoms with E-state index in [1.807, 2.05) is 0 Å². The van der Waals surface area contributed by atoms with Crippen molar-refractivity contribution in [2.75, 3.05) is 11.4 Å². The highest BCUT2D eigenvalue weighted by molar-refractivity contribution is 9.11. The number of phenolic OH excluding ortho intramolecular Hbond substituents is 1. The minimum atomic E-state index is -0.350. The van der Waals surface area contributed by atoms with Crippen LogP contribution in [0.1, 0.15) is 73.5 Å². The quantitative estimate of drug-likeness (QED) is 0.330. The summed E-state index contributed by atoms with van der Waals surface area (Å²) in [6.07, 6.45) is 3.91. The molecule has 0 aliphatic carbocycles. The second-order valence-electron chi connectivity index (χ2n) is 8.82. The number of rotatable bonds is 5. The smallest absolute Gasteiger partial charge is 0.271 e. The number of aryl methyl sites for hydroxylation is 1. The summed E-state index contributed by atoms with van der Waals surface area (Å²) in [7, 11) is 0. The van der Waals surface area contributed by atoms with Crippen LogP contribution in [0.25, 0.3) is 0 Å². The molecule has 2 N–H and O–H groups in total. The van der Waals surface area contributed by atoms with Crippen molar-refractivity contribution in [2.24, 2.45) is 5.10 Å². The minimum absolute atomic E-state index is 0.0548. The van der Waals surface area contributed by atoms with Crippen LogP contribution in [0.15, 0.2) is 38.3 Å². The summed E-state index contributed by atoms with van der Waals surface area (Å²) in [4.78, 5) is 15.0. The van der Waals surface area contributed by atoms with Gasteiger partial charge in [-0.25, -0.2) is 5.43 Å². The number of hydrazone groups is 1. The van der Waals surface area contributed by atoms with Gasteiger partial charge in [-0.1, -0.05) is 13.8 Å². The van der Waals surface area contributed by atoms with Crippen molar-refractivity contribution in [3.8, 4) is 5.75 Å². The van der Waals surface area contributed by atoms with Gasteiger partial charge in [-0.15, -0.1) is 0 Å². The first-order chi connectivity index (χ1) is 14.5. The SMILES string of the molecule is CCCN1c2cc(C)c(/C=N\NC(=O)c3cc(Br)c(O)c(Br)c3)cc2C(C)CC1(C)C. The van der Waals surface area contributed by atoms with Crippen molar-refractivity contribution >= 4 is 49.7 Å². The standard InChI is InChI=1S/C24H29Br2N3O2/c1-6-7-29-21-8-14(2)17(9-18(21)15(3)12-24(29,4)5)13-27-28-23(31)16-10-19(25)22(30)20(26)11-16/h8-11,13,15,30H,6-7,12H2,1-5H3,(H,28,31)/b27-13-. The molecule has 166 valence electrons. The van der Waals surface area contributed by atoms with E-state index in [9.17, 15) is 9.90 Å². The monoisotopic (exact) mass is 549 g/mol. The van der Waals surface area contributed by atoms with Gasteiger partial charge in [0.15, 0.2) is 0 Å². The van der Waals surface area contributed by atoms with Crippen molar-refractivity contribution < 1.29 is 9.90 Å². The molecule has 31 heavy (non-hydrogen) atoms. The van der Waals surface area contributed by atoms with Crippen LogP contribution in [0.4, 0.5) is 5.69 Å². The average molecular weight is 551 g/mol. The molecule has 1 amide bonds. The van der Waals surface area contributed by atoms with E-state index in [0.717, 1.165) is 30.5 Å². The Bertz CT molecular complexity index is 1010. The van der Waals surface area contributed by atoms with Crippen molar-refractivity contribution in [1.82, 2.24) is 5.43 Å². The van der Waals surface area contributed by atoms with E-state index in [4.69, 9.17) is 0 Å². The average Bonchev–Trinajstić information content (AvgIpc) is 2.69. The first kappa shape index (κ1) is 23.8. The maximum absolute atomic E-state index is 12.5. The van der Waals surface area contributed by atoms with Gasteiger partial charge in [0.05, 0.1) is 15.2 Å². The Balaban J connectivity index is 1.84. The van der Waals surface area contributed by atoms with E-state index < -0.39 is 0 Å². The highest BCUT2D eigenvalue weighted by Crippen LogP contribution is 2.44. The number of nitrogens with one attached hydrogen (secondary N) is 1. The number of hydrogen-bond acceptors (Lipinski definition) is 4. The van der Waals surface area contributed by atoms with E-state index in [1.165, 1.54) is 11.3 Å². The molecule has 1 heterocycles. The molecule has 0 saturated carbocycles. The number of benzene rings is 2. The number of aromatic hydroxyl groups is 1. The van der Waals surface area contributed by atoms with Crippen molar-refractivity contribution in [1.29, 1.82) is 0 Å². The third-order valence-corrected chi connectivity index (χ3v) is 7.08. The molecule has 5 nitrogen and oxygen atoms in total. The lowest BCUT2D eigenvalue weighted by molar-refractivity contribution is 0.0955. The maximum Gasteiger partial charge on any atom is 0.271 e. The van der Waals surface area contributed by atoms with Gasteiger partial charge in [0.1, 0.15) is 5.75 Å². The van der Waals surface area contributed by atoms with E-state index in [0.29, 0.717) is 20.4 Å². The Kier molecular flexibility index (Phi) is 7.16. The second kappa shape index (κ2) is 9.33. The molecule has 1 unspecified atom stereocenters. The summed E-state index contributed by atoms with van der Waals surface area (Å²) in [6, 6.07) is 7.57. The molecule has 2 aromatic carbocycles. The highest BCUT2D eigenvalue weighted by atomic mass is 79.9. The van der Waals surface area contributed by atoms with Crippen LogP contribution in [0.2, 0.25) is 0 Å². The Labute approximate surface area is 201 Å².